The van der Waals surface area contributed by atoms with Crippen molar-refractivity contribution in [2.75, 3.05) is 23.4 Å². The van der Waals surface area contributed by atoms with Crippen LogP contribution >= 0.6 is 34.4 Å². The molecule has 0 saturated carbocycles. The predicted molar refractivity (Wildman–Crippen MR) is 106 cm³/mol. The number of sulfone groups is 1. The van der Waals surface area contributed by atoms with Crippen LogP contribution in [-0.2, 0) is 16.3 Å². The highest BCUT2D eigenvalue weighted by molar-refractivity contribution is 8.02. The van der Waals surface area contributed by atoms with Crippen molar-refractivity contribution in [3.8, 4) is 0 Å². The first kappa shape index (κ1) is 18.4. The Morgan fingerprint density at radius 2 is 1.92 bits per heavy atom. The van der Waals surface area contributed by atoms with Gasteiger partial charge in [0.25, 0.3) is 0 Å². The van der Waals surface area contributed by atoms with Gasteiger partial charge in [0.15, 0.2) is 14.2 Å². The van der Waals surface area contributed by atoms with Crippen LogP contribution in [0.1, 0.15) is 4.88 Å². The fourth-order valence-electron chi connectivity index (χ4n) is 2.07. The van der Waals surface area contributed by atoms with Gasteiger partial charge in [-0.3, -0.25) is 0 Å². The molecule has 5 nitrogen and oxygen atoms in total. The fraction of sp³-hybridized carbons (Fsp3) is 0.250. The van der Waals surface area contributed by atoms with Gasteiger partial charge in [-0.05, 0) is 30.0 Å². The first-order valence-electron chi connectivity index (χ1n) is 7.64. The summed E-state index contributed by atoms with van der Waals surface area (Å²) in [5, 5.41) is 14.3. The number of thioether (sulfide) groups is 1. The van der Waals surface area contributed by atoms with Crippen molar-refractivity contribution in [1.82, 2.24) is 10.2 Å². The fourth-order valence-corrected chi connectivity index (χ4v) is 6.30. The average molecular weight is 412 g/mol. The van der Waals surface area contributed by atoms with Crippen molar-refractivity contribution in [3.05, 3.63) is 52.7 Å². The van der Waals surface area contributed by atoms with Gasteiger partial charge < -0.3 is 5.32 Å². The Labute approximate surface area is 159 Å². The van der Waals surface area contributed by atoms with Crippen molar-refractivity contribution < 1.29 is 8.42 Å². The molecule has 0 aliphatic heterocycles. The van der Waals surface area contributed by atoms with E-state index >= 15 is 0 Å². The first-order valence-corrected chi connectivity index (χ1v) is 12.0. The van der Waals surface area contributed by atoms with Crippen LogP contribution in [0.4, 0.5) is 5.13 Å². The minimum Gasteiger partial charge on any atom is -0.360 e. The van der Waals surface area contributed by atoms with E-state index in [4.69, 9.17) is 0 Å². The van der Waals surface area contributed by atoms with E-state index in [1.54, 1.807) is 35.6 Å². The van der Waals surface area contributed by atoms with Crippen LogP contribution in [0.15, 0.2) is 57.1 Å². The summed E-state index contributed by atoms with van der Waals surface area (Å²) >= 11 is 4.62. The average Bonchev–Trinajstić information content (AvgIpc) is 3.28. The summed E-state index contributed by atoms with van der Waals surface area (Å²) in [6, 6.07) is 12.7. The van der Waals surface area contributed by atoms with Gasteiger partial charge in [0, 0.05) is 17.2 Å². The molecule has 0 spiro atoms. The molecule has 1 aromatic carbocycles. The Balaban J connectivity index is 1.44. The van der Waals surface area contributed by atoms with Crippen LogP contribution in [0.5, 0.6) is 0 Å². The molecule has 132 valence electrons. The van der Waals surface area contributed by atoms with Gasteiger partial charge in [-0.2, -0.15) is 0 Å². The highest BCUT2D eigenvalue weighted by Crippen LogP contribution is 2.26. The Kier molecular flexibility index (Phi) is 6.46. The third kappa shape index (κ3) is 5.53. The van der Waals surface area contributed by atoms with E-state index in [-0.39, 0.29) is 5.75 Å². The highest BCUT2D eigenvalue weighted by Gasteiger charge is 2.14. The molecule has 3 aromatic rings. The quantitative estimate of drug-likeness (QED) is 0.540. The maximum atomic E-state index is 12.2. The van der Waals surface area contributed by atoms with Crippen LogP contribution < -0.4 is 5.32 Å². The number of thiophene rings is 1. The molecule has 2 heterocycles. The molecule has 9 heteroatoms. The van der Waals surface area contributed by atoms with E-state index in [0.717, 1.165) is 22.4 Å². The summed E-state index contributed by atoms with van der Waals surface area (Å²) < 4.78 is 25.2. The molecule has 0 amide bonds. The topological polar surface area (TPSA) is 72.0 Å². The van der Waals surface area contributed by atoms with Gasteiger partial charge in [-0.15, -0.1) is 21.5 Å². The number of hydrogen-bond donors (Lipinski definition) is 1. The van der Waals surface area contributed by atoms with E-state index in [9.17, 15) is 8.42 Å². The number of nitrogens with one attached hydrogen (secondary N) is 1. The first-order chi connectivity index (χ1) is 12.1. The van der Waals surface area contributed by atoms with E-state index in [0.29, 0.717) is 10.6 Å². The Hall–Kier alpha value is -1.42. The maximum Gasteiger partial charge on any atom is 0.206 e. The summed E-state index contributed by atoms with van der Waals surface area (Å²) in [7, 11) is -3.24. The van der Waals surface area contributed by atoms with Gasteiger partial charge in [-0.1, -0.05) is 47.4 Å². The van der Waals surface area contributed by atoms with Crippen molar-refractivity contribution in [2.24, 2.45) is 0 Å². The molecule has 3 rings (SSSR count). The summed E-state index contributed by atoms with van der Waals surface area (Å²) in [5.41, 5.74) is 0. The van der Waals surface area contributed by atoms with E-state index in [1.807, 2.05) is 12.1 Å². The number of aromatic nitrogens is 2. The van der Waals surface area contributed by atoms with Gasteiger partial charge in [0.05, 0.1) is 10.6 Å². The zero-order chi connectivity index (χ0) is 17.5. The number of benzene rings is 1. The molecule has 0 aliphatic carbocycles. The minimum atomic E-state index is -3.24. The SMILES string of the molecule is O=S(=O)(CCSc1nnc(NCCc2cccs2)s1)c1ccccc1. The van der Waals surface area contributed by atoms with E-state index in [2.05, 4.69) is 27.0 Å². The summed E-state index contributed by atoms with van der Waals surface area (Å²) in [5.74, 6) is 0.545. The standard InChI is InChI=1S/C16H17N3O2S4/c20-25(21,14-6-2-1-3-7-14)12-11-23-16-19-18-15(24-16)17-9-8-13-5-4-10-22-13/h1-7,10H,8-9,11-12H2,(H,17,18). The summed E-state index contributed by atoms with van der Waals surface area (Å²) in [4.78, 5) is 1.70. The van der Waals surface area contributed by atoms with Crippen molar-refractivity contribution in [1.29, 1.82) is 0 Å². The number of hydrogen-bond acceptors (Lipinski definition) is 8. The molecule has 0 unspecified atom stereocenters. The van der Waals surface area contributed by atoms with Gasteiger partial charge >= 0.3 is 0 Å². The second-order valence-corrected chi connectivity index (χ2v) is 10.6. The minimum absolute atomic E-state index is 0.0857. The predicted octanol–water partition coefficient (Wildman–Crippen LogP) is 3.82. The lowest BCUT2D eigenvalue weighted by atomic mass is 10.3. The number of anilines is 1. The van der Waals surface area contributed by atoms with Crippen LogP contribution in [0.3, 0.4) is 0 Å². The smallest absolute Gasteiger partial charge is 0.206 e. The summed E-state index contributed by atoms with van der Waals surface area (Å²) in [6.45, 7) is 0.808. The zero-order valence-corrected chi connectivity index (χ0v) is 16.6. The van der Waals surface area contributed by atoms with Gasteiger partial charge in [0.1, 0.15) is 0 Å². The van der Waals surface area contributed by atoms with Crippen LogP contribution in [0.25, 0.3) is 0 Å². The number of nitrogens with zero attached hydrogens (tertiary/aromatic N) is 2. The Bertz CT molecular complexity index is 877. The van der Waals surface area contributed by atoms with Gasteiger partial charge in [0.2, 0.25) is 5.13 Å². The molecule has 2 aromatic heterocycles. The zero-order valence-electron chi connectivity index (χ0n) is 13.3. The normalized spacial score (nSPS) is 11.5. The molecule has 0 fully saturated rings. The molecular weight excluding hydrogens is 394 g/mol. The monoisotopic (exact) mass is 411 g/mol. The van der Waals surface area contributed by atoms with Crippen molar-refractivity contribution >= 4 is 49.4 Å². The molecule has 0 saturated heterocycles. The van der Waals surface area contributed by atoms with E-state index in [1.165, 1.54) is 28.0 Å². The van der Waals surface area contributed by atoms with Crippen LogP contribution in [0, 0.1) is 0 Å². The lowest BCUT2D eigenvalue weighted by molar-refractivity contribution is 0.597. The molecule has 0 atom stereocenters. The Morgan fingerprint density at radius 3 is 2.68 bits per heavy atom. The second kappa shape index (κ2) is 8.79. The largest absolute Gasteiger partial charge is 0.360 e. The van der Waals surface area contributed by atoms with Gasteiger partial charge in [-0.25, -0.2) is 8.42 Å². The lowest BCUT2D eigenvalue weighted by Gasteiger charge is -2.02. The number of rotatable bonds is 9. The van der Waals surface area contributed by atoms with Crippen LogP contribution in [0.2, 0.25) is 0 Å². The second-order valence-electron chi connectivity index (χ2n) is 5.11. The maximum absolute atomic E-state index is 12.2. The van der Waals surface area contributed by atoms with E-state index < -0.39 is 9.84 Å². The van der Waals surface area contributed by atoms with Crippen molar-refractivity contribution in [2.45, 2.75) is 15.7 Å². The lowest BCUT2D eigenvalue weighted by Crippen LogP contribution is -2.08. The molecule has 25 heavy (non-hydrogen) atoms. The van der Waals surface area contributed by atoms with Crippen LogP contribution in [-0.4, -0.2) is 36.7 Å². The highest BCUT2D eigenvalue weighted by atomic mass is 32.2. The third-order valence-electron chi connectivity index (χ3n) is 3.31. The van der Waals surface area contributed by atoms with Crippen molar-refractivity contribution in [3.63, 3.8) is 0 Å². The molecule has 0 radical (unpaired) electrons. The molecular formula is C16H17N3O2S4. The molecule has 1 N–H and O–H groups in total. The molecule has 0 aliphatic rings. The molecule has 0 bridgehead atoms. The summed E-state index contributed by atoms with van der Waals surface area (Å²) in [6.07, 6.45) is 0.953. The Morgan fingerprint density at radius 1 is 1.08 bits per heavy atom. The third-order valence-corrected chi connectivity index (χ3v) is 8.26.